The van der Waals surface area contributed by atoms with Crippen LogP contribution in [0.1, 0.15) is 6.92 Å². The lowest BCUT2D eigenvalue weighted by Crippen LogP contribution is -1.88. The van der Waals surface area contributed by atoms with E-state index in [0.717, 1.165) is 3.57 Å². The van der Waals surface area contributed by atoms with Gasteiger partial charge in [-0.1, -0.05) is 12.1 Å². The first kappa shape index (κ1) is 12.2. The van der Waals surface area contributed by atoms with Crippen molar-refractivity contribution in [3.63, 3.8) is 0 Å². The molecule has 72 valence electrons. The molecule has 0 radical (unpaired) electrons. The van der Waals surface area contributed by atoms with Gasteiger partial charge in [-0.05, 0) is 34.7 Å². The first-order valence-electron chi connectivity index (χ1n) is 3.56. The fraction of sp³-hybridized carbons (Fsp3) is 0.222. The van der Waals surface area contributed by atoms with Gasteiger partial charge in [-0.25, -0.2) is 0 Å². The second kappa shape index (κ2) is 6.71. The molecule has 0 atom stereocenters. The molecule has 0 saturated heterocycles. The summed E-state index contributed by atoms with van der Waals surface area (Å²) in [5.41, 5.74) is 0. The van der Waals surface area contributed by atoms with E-state index in [1.807, 2.05) is 12.1 Å². The van der Waals surface area contributed by atoms with Crippen LogP contribution in [0.3, 0.4) is 0 Å². The Labute approximate surface area is 90.9 Å². The molecule has 13 heavy (non-hydrogen) atoms. The van der Waals surface area contributed by atoms with E-state index < -0.39 is 0 Å². The van der Waals surface area contributed by atoms with Crippen molar-refractivity contribution in [3.8, 4) is 5.75 Å². The van der Waals surface area contributed by atoms with Crippen LogP contribution in [0, 0.1) is 3.57 Å². The van der Waals surface area contributed by atoms with Gasteiger partial charge in [-0.2, -0.15) is 0 Å². The number of phenols is 1. The molecule has 1 aromatic carbocycles. The van der Waals surface area contributed by atoms with Gasteiger partial charge in [-0.3, -0.25) is 4.79 Å². The Bertz CT molecular complexity index is 252. The summed E-state index contributed by atoms with van der Waals surface area (Å²) in [6.45, 7) is 1.36. The Kier molecular flexibility index (Phi) is 6.30. The molecule has 3 nitrogen and oxygen atoms in total. The number of halogens is 1. The molecule has 1 aromatic rings. The Hall–Kier alpha value is -0.780. The number of hydrogen-bond acceptors (Lipinski definition) is 3. The second-order valence-corrected chi connectivity index (χ2v) is 3.31. The van der Waals surface area contributed by atoms with Gasteiger partial charge in [-0.15, -0.1) is 0 Å². The van der Waals surface area contributed by atoms with E-state index in [-0.39, 0.29) is 5.97 Å². The highest BCUT2D eigenvalue weighted by atomic mass is 127. The molecule has 0 aliphatic heterocycles. The minimum absolute atomic E-state index is 0.245. The zero-order chi connectivity index (χ0) is 10.3. The summed E-state index contributed by atoms with van der Waals surface area (Å²) in [4.78, 5) is 9.59. The predicted octanol–water partition coefficient (Wildman–Crippen LogP) is 2.18. The third-order valence-corrected chi connectivity index (χ3v) is 2.05. The van der Waals surface area contributed by atoms with E-state index in [1.54, 1.807) is 12.1 Å². The number of ether oxygens (including phenoxy) is 1. The standard InChI is InChI=1S/C6H5IO.C3H6O2/c7-5-3-1-2-4-6(5)8;1-3(4)5-2/h1-4,8H;1-2H3. The lowest BCUT2D eigenvalue weighted by molar-refractivity contribution is -0.137. The van der Waals surface area contributed by atoms with E-state index in [4.69, 9.17) is 5.11 Å². The van der Waals surface area contributed by atoms with Crippen molar-refractivity contribution in [3.05, 3.63) is 27.8 Å². The average molecular weight is 294 g/mol. The smallest absolute Gasteiger partial charge is 0.302 e. The Morgan fingerprint density at radius 3 is 2.15 bits per heavy atom. The Balaban J connectivity index is 0.000000252. The number of methoxy groups -OCH3 is 1. The number of phenolic OH excluding ortho intramolecular Hbond substituents is 1. The maximum atomic E-state index is 9.59. The number of aromatic hydroxyl groups is 1. The minimum atomic E-state index is -0.245. The molecule has 0 amide bonds. The Morgan fingerprint density at radius 2 is 1.92 bits per heavy atom. The summed E-state index contributed by atoms with van der Waals surface area (Å²) >= 11 is 2.07. The zero-order valence-electron chi connectivity index (χ0n) is 7.45. The van der Waals surface area contributed by atoms with Crippen LogP contribution < -0.4 is 0 Å². The summed E-state index contributed by atoms with van der Waals surface area (Å²) in [7, 11) is 1.35. The fourth-order valence-corrected chi connectivity index (χ4v) is 0.839. The number of esters is 1. The van der Waals surface area contributed by atoms with Gasteiger partial charge in [0.15, 0.2) is 0 Å². The largest absolute Gasteiger partial charge is 0.507 e. The number of rotatable bonds is 0. The van der Waals surface area contributed by atoms with E-state index in [0.29, 0.717) is 5.75 Å². The van der Waals surface area contributed by atoms with Crippen LogP contribution in [0.4, 0.5) is 0 Å². The normalized spacial score (nSPS) is 8.23. The van der Waals surface area contributed by atoms with Crippen molar-refractivity contribution in [1.82, 2.24) is 0 Å². The molecule has 0 aliphatic carbocycles. The van der Waals surface area contributed by atoms with Gasteiger partial charge in [0.05, 0.1) is 10.7 Å². The molecule has 0 heterocycles. The van der Waals surface area contributed by atoms with Crippen molar-refractivity contribution < 1.29 is 14.6 Å². The first-order chi connectivity index (χ1) is 6.07. The highest BCUT2D eigenvalue weighted by Gasteiger charge is 1.89. The van der Waals surface area contributed by atoms with Crippen molar-refractivity contribution in [2.45, 2.75) is 6.92 Å². The predicted molar refractivity (Wildman–Crippen MR) is 58.5 cm³/mol. The van der Waals surface area contributed by atoms with Crippen LogP contribution in [0.25, 0.3) is 0 Å². The molecule has 0 saturated carbocycles. The van der Waals surface area contributed by atoms with Crippen LogP contribution in [0.5, 0.6) is 5.75 Å². The van der Waals surface area contributed by atoms with E-state index in [9.17, 15) is 4.79 Å². The van der Waals surface area contributed by atoms with Gasteiger partial charge >= 0.3 is 5.97 Å². The number of benzene rings is 1. The van der Waals surface area contributed by atoms with Crippen LogP contribution >= 0.6 is 22.6 Å². The average Bonchev–Trinajstić information content (AvgIpc) is 2.11. The number of carbonyl (C=O) groups is 1. The molecule has 4 heteroatoms. The quantitative estimate of drug-likeness (QED) is 0.589. The first-order valence-corrected chi connectivity index (χ1v) is 4.64. The van der Waals surface area contributed by atoms with Crippen LogP contribution in [-0.4, -0.2) is 18.2 Å². The van der Waals surface area contributed by atoms with Crippen LogP contribution in [-0.2, 0) is 9.53 Å². The lowest BCUT2D eigenvalue weighted by Gasteiger charge is -1.90. The molecular weight excluding hydrogens is 283 g/mol. The summed E-state index contributed by atoms with van der Waals surface area (Å²) in [5.74, 6) is 0.109. The van der Waals surface area contributed by atoms with Crippen LogP contribution in [0.2, 0.25) is 0 Å². The molecule has 0 fully saturated rings. The number of hydrogen-bond donors (Lipinski definition) is 1. The fourth-order valence-electron chi connectivity index (χ4n) is 0.452. The van der Waals surface area contributed by atoms with Gasteiger partial charge in [0, 0.05) is 6.92 Å². The van der Waals surface area contributed by atoms with Crippen molar-refractivity contribution in [1.29, 1.82) is 0 Å². The molecule has 0 bridgehead atoms. The summed E-state index contributed by atoms with van der Waals surface area (Å²) in [6, 6.07) is 7.22. The minimum Gasteiger partial charge on any atom is -0.507 e. The van der Waals surface area contributed by atoms with Gasteiger partial charge in [0.25, 0.3) is 0 Å². The van der Waals surface area contributed by atoms with E-state index >= 15 is 0 Å². The monoisotopic (exact) mass is 294 g/mol. The highest BCUT2D eigenvalue weighted by molar-refractivity contribution is 14.1. The molecule has 1 N–H and O–H groups in total. The van der Waals surface area contributed by atoms with Crippen molar-refractivity contribution >= 4 is 28.6 Å². The van der Waals surface area contributed by atoms with Crippen molar-refractivity contribution in [2.75, 3.05) is 7.11 Å². The van der Waals surface area contributed by atoms with Gasteiger partial charge in [0.1, 0.15) is 5.75 Å². The van der Waals surface area contributed by atoms with Crippen LogP contribution in [0.15, 0.2) is 24.3 Å². The summed E-state index contributed by atoms with van der Waals surface area (Å²) < 4.78 is 5.00. The molecule has 1 rings (SSSR count). The van der Waals surface area contributed by atoms with Gasteiger partial charge in [0.2, 0.25) is 0 Å². The SMILES string of the molecule is COC(C)=O.Oc1ccccc1I. The number of para-hydroxylation sites is 1. The summed E-state index contributed by atoms with van der Waals surface area (Å²) in [6.07, 6.45) is 0. The molecule has 0 aromatic heterocycles. The topological polar surface area (TPSA) is 46.5 Å². The molecule has 0 unspecified atom stereocenters. The maximum absolute atomic E-state index is 9.59. The third-order valence-electron chi connectivity index (χ3n) is 1.14. The zero-order valence-corrected chi connectivity index (χ0v) is 9.61. The maximum Gasteiger partial charge on any atom is 0.302 e. The number of carbonyl (C=O) groups excluding carboxylic acids is 1. The van der Waals surface area contributed by atoms with Gasteiger partial charge < -0.3 is 9.84 Å². The van der Waals surface area contributed by atoms with E-state index in [2.05, 4.69) is 27.3 Å². The highest BCUT2D eigenvalue weighted by Crippen LogP contribution is 2.16. The Morgan fingerprint density at radius 1 is 1.46 bits per heavy atom. The van der Waals surface area contributed by atoms with E-state index in [1.165, 1.54) is 14.0 Å². The summed E-state index contributed by atoms with van der Waals surface area (Å²) in [5, 5.41) is 8.91. The molecule has 0 aliphatic rings. The molecule has 0 spiro atoms. The van der Waals surface area contributed by atoms with Crippen molar-refractivity contribution in [2.24, 2.45) is 0 Å². The molecular formula is C9H11IO3. The third kappa shape index (κ3) is 6.39. The second-order valence-electron chi connectivity index (χ2n) is 2.15. The lowest BCUT2D eigenvalue weighted by atomic mass is 10.3.